The lowest BCUT2D eigenvalue weighted by Crippen LogP contribution is -2.15. The number of rotatable bonds is 5. The molecular weight excluding hydrogens is 243 g/mol. The van der Waals surface area contributed by atoms with Crippen molar-refractivity contribution in [3.05, 3.63) is 0 Å². The van der Waals surface area contributed by atoms with Gasteiger partial charge in [0, 0.05) is 27.0 Å². The van der Waals surface area contributed by atoms with E-state index in [1.807, 2.05) is 0 Å². The van der Waals surface area contributed by atoms with E-state index in [0.717, 1.165) is 19.2 Å². The first-order valence-electron chi connectivity index (χ1n) is 5.79. The molecule has 104 valence electrons. The molecule has 1 aliphatic heterocycles. The van der Waals surface area contributed by atoms with Crippen LogP contribution in [0.15, 0.2) is 0 Å². The van der Waals surface area contributed by atoms with E-state index in [1.165, 1.54) is 26.7 Å². The normalized spacial score (nSPS) is 20.3. The van der Waals surface area contributed by atoms with Crippen molar-refractivity contribution in [1.82, 2.24) is 0 Å². The summed E-state index contributed by atoms with van der Waals surface area (Å²) in [6.45, 7) is 3.53. The Labute approximate surface area is 105 Å². The number of hydrogen-bond donors (Lipinski definition) is 2. The van der Waals surface area contributed by atoms with Crippen LogP contribution in [0.25, 0.3) is 0 Å². The number of ether oxygens (including phenoxy) is 1. The van der Waals surface area contributed by atoms with Crippen LogP contribution in [0.1, 0.15) is 33.1 Å². The summed E-state index contributed by atoms with van der Waals surface area (Å²) in [5.74, 6) is -1.50. The van der Waals surface area contributed by atoms with Gasteiger partial charge in [-0.25, -0.2) is 0 Å². The Bertz CT molecular complexity index is 165. The van der Waals surface area contributed by atoms with Gasteiger partial charge in [-0.05, 0) is 33.1 Å². The quantitative estimate of drug-likeness (QED) is 0.588. The van der Waals surface area contributed by atoms with Crippen LogP contribution in [-0.2, 0) is 13.8 Å². The minimum absolute atomic E-state index is 0.459. The standard InChI is InChI=1S/C8H17O3P.C3H8O2/c1-9-12(10-2)7-5-8-4-3-6-11-8;1-3(2,4)5/h8H,3-7H2,1-2H3;4-5H,1-2H3. The minimum Gasteiger partial charge on any atom is -0.378 e. The van der Waals surface area contributed by atoms with Crippen LogP contribution in [0.2, 0.25) is 0 Å². The summed E-state index contributed by atoms with van der Waals surface area (Å²) in [7, 11) is 2.75. The highest BCUT2D eigenvalue weighted by Crippen LogP contribution is 2.37. The molecule has 6 heteroatoms. The molecule has 1 heterocycles. The van der Waals surface area contributed by atoms with Gasteiger partial charge in [0.1, 0.15) is 0 Å². The largest absolute Gasteiger partial charge is 0.378 e. The Morgan fingerprint density at radius 1 is 1.29 bits per heavy atom. The maximum Gasteiger partial charge on any atom is 0.169 e. The van der Waals surface area contributed by atoms with E-state index in [2.05, 4.69) is 0 Å². The first-order valence-corrected chi connectivity index (χ1v) is 7.15. The summed E-state index contributed by atoms with van der Waals surface area (Å²) in [5.41, 5.74) is 0. The molecule has 0 aliphatic carbocycles. The van der Waals surface area contributed by atoms with E-state index >= 15 is 0 Å². The average molecular weight is 268 g/mol. The van der Waals surface area contributed by atoms with Crippen molar-refractivity contribution in [1.29, 1.82) is 0 Å². The van der Waals surface area contributed by atoms with E-state index in [1.54, 1.807) is 14.2 Å². The maximum atomic E-state index is 8.08. The van der Waals surface area contributed by atoms with Crippen molar-refractivity contribution in [2.75, 3.05) is 27.0 Å². The van der Waals surface area contributed by atoms with E-state index in [0.29, 0.717) is 6.10 Å². The second-order valence-corrected chi connectivity index (χ2v) is 6.18. The van der Waals surface area contributed by atoms with Crippen molar-refractivity contribution in [2.24, 2.45) is 0 Å². The fraction of sp³-hybridized carbons (Fsp3) is 1.00. The molecule has 0 saturated carbocycles. The first kappa shape index (κ1) is 17.2. The second-order valence-electron chi connectivity index (χ2n) is 4.34. The fourth-order valence-corrected chi connectivity index (χ4v) is 2.39. The highest BCUT2D eigenvalue weighted by Gasteiger charge is 2.17. The van der Waals surface area contributed by atoms with Crippen molar-refractivity contribution in [2.45, 2.75) is 45.0 Å². The van der Waals surface area contributed by atoms with Crippen LogP contribution in [0.5, 0.6) is 0 Å². The smallest absolute Gasteiger partial charge is 0.169 e. The molecule has 1 fully saturated rings. The van der Waals surface area contributed by atoms with Crippen molar-refractivity contribution >= 4 is 8.38 Å². The molecule has 2 N–H and O–H groups in total. The van der Waals surface area contributed by atoms with Gasteiger partial charge in [-0.2, -0.15) is 0 Å². The summed E-state index contributed by atoms with van der Waals surface area (Å²) >= 11 is 0. The van der Waals surface area contributed by atoms with Gasteiger partial charge >= 0.3 is 0 Å². The van der Waals surface area contributed by atoms with Crippen molar-refractivity contribution < 1.29 is 24.0 Å². The van der Waals surface area contributed by atoms with E-state index < -0.39 is 14.2 Å². The van der Waals surface area contributed by atoms with Crippen LogP contribution in [0, 0.1) is 0 Å². The molecule has 17 heavy (non-hydrogen) atoms. The third kappa shape index (κ3) is 12.5. The lowest BCUT2D eigenvalue weighted by Gasteiger charge is -2.14. The van der Waals surface area contributed by atoms with Crippen LogP contribution in [0.4, 0.5) is 0 Å². The van der Waals surface area contributed by atoms with Crippen LogP contribution >= 0.6 is 8.38 Å². The molecule has 0 radical (unpaired) electrons. The van der Waals surface area contributed by atoms with E-state index in [-0.39, 0.29) is 0 Å². The molecule has 1 rings (SSSR count). The molecule has 1 saturated heterocycles. The third-order valence-electron chi connectivity index (χ3n) is 2.06. The number of aliphatic hydroxyl groups is 2. The second kappa shape index (κ2) is 9.20. The predicted octanol–water partition coefficient (Wildman–Crippen LogP) is 1.87. The zero-order valence-corrected chi connectivity index (χ0v) is 12.1. The molecule has 0 spiro atoms. The van der Waals surface area contributed by atoms with Gasteiger partial charge in [0.25, 0.3) is 0 Å². The molecule has 0 bridgehead atoms. The molecule has 0 aromatic carbocycles. The Kier molecular flexibility index (Phi) is 9.32. The summed E-state index contributed by atoms with van der Waals surface area (Å²) < 4.78 is 15.8. The molecule has 0 amide bonds. The molecule has 1 aliphatic rings. The molecule has 1 unspecified atom stereocenters. The van der Waals surface area contributed by atoms with Crippen LogP contribution in [-0.4, -0.2) is 49.1 Å². The van der Waals surface area contributed by atoms with Gasteiger partial charge in [-0.3, -0.25) is 0 Å². The highest BCUT2D eigenvalue weighted by molar-refractivity contribution is 7.47. The molecule has 1 atom stereocenters. The highest BCUT2D eigenvalue weighted by atomic mass is 31.2. The maximum absolute atomic E-state index is 8.08. The molecule has 0 aromatic rings. The van der Waals surface area contributed by atoms with Gasteiger partial charge in [-0.1, -0.05) is 0 Å². The Morgan fingerprint density at radius 2 is 1.82 bits per heavy atom. The van der Waals surface area contributed by atoms with Gasteiger partial charge in [0.15, 0.2) is 14.2 Å². The SMILES string of the molecule is CC(C)(O)O.COP(CCC1CCCO1)OC. The summed E-state index contributed by atoms with van der Waals surface area (Å²) in [4.78, 5) is 0. The fourth-order valence-electron chi connectivity index (χ4n) is 1.38. The van der Waals surface area contributed by atoms with Gasteiger partial charge < -0.3 is 24.0 Å². The van der Waals surface area contributed by atoms with Gasteiger partial charge in [0.05, 0.1) is 6.10 Å². The lowest BCUT2D eigenvalue weighted by molar-refractivity contribution is -0.127. The summed E-state index contributed by atoms with van der Waals surface area (Å²) in [6, 6.07) is 0. The van der Waals surface area contributed by atoms with E-state index in [4.69, 9.17) is 24.0 Å². The average Bonchev–Trinajstić information content (AvgIpc) is 2.69. The number of hydrogen-bond acceptors (Lipinski definition) is 5. The van der Waals surface area contributed by atoms with Crippen molar-refractivity contribution in [3.8, 4) is 0 Å². The van der Waals surface area contributed by atoms with Crippen molar-refractivity contribution in [3.63, 3.8) is 0 Å². The van der Waals surface area contributed by atoms with Gasteiger partial charge in [0.2, 0.25) is 0 Å². The molecular formula is C11H25O5P. The van der Waals surface area contributed by atoms with E-state index in [9.17, 15) is 0 Å². The predicted molar refractivity (Wildman–Crippen MR) is 67.9 cm³/mol. The Balaban J connectivity index is 0.000000437. The minimum atomic E-state index is -1.50. The lowest BCUT2D eigenvalue weighted by atomic mass is 10.2. The Hall–Kier alpha value is 0.230. The molecule has 0 aromatic heterocycles. The topological polar surface area (TPSA) is 68.2 Å². The van der Waals surface area contributed by atoms with Gasteiger partial charge in [-0.15, -0.1) is 0 Å². The summed E-state index contributed by atoms with van der Waals surface area (Å²) in [6.07, 6.45) is 4.94. The van der Waals surface area contributed by atoms with Crippen LogP contribution < -0.4 is 0 Å². The van der Waals surface area contributed by atoms with Crippen LogP contribution in [0.3, 0.4) is 0 Å². The Morgan fingerprint density at radius 3 is 2.18 bits per heavy atom. The third-order valence-corrected chi connectivity index (χ3v) is 3.50. The zero-order valence-electron chi connectivity index (χ0n) is 11.2. The first-order chi connectivity index (χ1) is 7.86. The zero-order chi connectivity index (χ0) is 13.3. The summed E-state index contributed by atoms with van der Waals surface area (Å²) in [5, 5.41) is 16.2. The molecule has 5 nitrogen and oxygen atoms in total. The monoisotopic (exact) mass is 268 g/mol.